The zero-order chi connectivity index (χ0) is 15.0. The monoisotopic (exact) mass is 283 g/mol. The van der Waals surface area contributed by atoms with E-state index in [4.69, 9.17) is 4.42 Å². The SMILES string of the molecule is CCCNC(C)c1nnc(N(CCC)CC(=O)NC)o1. The van der Waals surface area contributed by atoms with Crippen LogP contribution in [0.1, 0.15) is 45.5 Å². The average Bonchev–Trinajstić information content (AvgIpc) is 2.93. The van der Waals surface area contributed by atoms with Gasteiger partial charge in [-0.25, -0.2) is 0 Å². The van der Waals surface area contributed by atoms with E-state index in [1.54, 1.807) is 11.9 Å². The largest absolute Gasteiger partial charge is 0.406 e. The molecule has 1 aromatic heterocycles. The van der Waals surface area contributed by atoms with Gasteiger partial charge in [0.15, 0.2) is 0 Å². The highest BCUT2D eigenvalue weighted by molar-refractivity contribution is 5.80. The first-order chi connectivity index (χ1) is 9.62. The van der Waals surface area contributed by atoms with Crippen LogP contribution in [0.2, 0.25) is 0 Å². The van der Waals surface area contributed by atoms with Crippen molar-refractivity contribution in [2.24, 2.45) is 0 Å². The highest BCUT2D eigenvalue weighted by atomic mass is 16.4. The minimum Gasteiger partial charge on any atom is -0.406 e. The van der Waals surface area contributed by atoms with Crippen LogP contribution in [0.3, 0.4) is 0 Å². The molecule has 0 aliphatic carbocycles. The van der Waals surface area contributed by atoms with E-state index in [0.29, 0.717) is 18.5 Å². The molecule has 2 N–H and O–H groups in total. The van der Waals surface area contributed by atoms with E-state index in [1.165, 1.54) is 0 Å². The molecule has 7 nitrogen and oxygen atoms in total. The van der Waals surface area contributed by atoms with Crippen molar-refractivity contribution in [3.63, 3.8) is 0 Å². The van der Waals surface area contributed by atoms with Gasteiger partial charge in [-0.3, -0.25) is 4.79 Å². The van der Waals surface area contributed by atoms with E-state index in [-0.39, 0.29) is 18.5 Å². The predicted octanol–water partition coefficient (Wildman–Crippen LogP) is 1.09. The van der Waals surface area contributed by atoms with Crippen LogP contribution in [0.5, 0.6) is 0 Å². The Kier molecular flexibility index (Phi) is 7.00. The Morgan fingerprint density at radius 2 is 2.10 bits per heavy atom. The molecule has 0 spiro atoms. The molecule has 0 saturated heterocycles. The number of anilines is 1. The topological polar surface area (TPSA) is 83.3 Å². The van der Waals surface area contributed by atoms with Crippen molar-refractivity contribution in [2.45, 2.75) is 39.7 Å². The summed E-state index contributed by atoms with van der Waals surface area (Å²) in [6.45, 7) is 7.95. The number of rotatable bonds is 9. The Bertz CT molecular complexity index is 407. The summed E-state index contributed by atoms with van der Waals surface area (Å²) < 4.78 is 5.66. The normalized spacial score (nSPS) is 12.2. The number of likely N-dealkylation sites (N-methyl/N-ethyl adjacent to an activating group) is 1. The first-order valence-electron chi connectivity index (χ1n) is 7.14. The summed E-state index contributed by atoms with van der Waals surface area (Å²) in [6, 6.07) is 0.412. The first kappa shape index (κ1) is 16.4. The lowest BCUT2D eigenvalue weighted by molar-refractivity contribution is -0.119. The number of carbonyl (C=O) groups is 1. The molecule has 1 atom stereocenters. The molecule has 1 amide bonds. The second-order valence-electron chi connectivity index (χ2n) is 4.69. The molecule has 1 rings (SSSR count). The third-order valence-electron chi connectivity index (χ3n) is 2.88. The molecule has 7 heteroatoms. The lowest BCUT2D eigenvalue weighted by Gasteiger charge is -2.18. The molecule has 114 valence electrons. The molecular weight excluding hydrogens is 258 g/mol. The number of nitrogens with one attached hydrogen (secondary N) is 2. The van der Waals surface area contributed by atoms with Gasteiger partial charge in [-0.05, 0) is 26.3 Å². The van der Waals surface area contributed by atoms with Crippen LogP contribution < -0.4 is 15.5 Å². The molecule has 0 saturated carbocycles. The Morgan fingerprint density at radius 1 is 1.35 bits per heavy atom. The minimum absolute atomic E-state index is 0.0136. The molecule has 1 heterocycles. The van der Waals surface area contributed by atoms with E-state index in [2.05, 4.69) is 27.8 Å². The second-order valence-corrected chi connectivity index (χ2v) is 4.69. The highest BCUT2D eigenvalue weighted by Gasteiger charge is 2.19. The number of hydrogen-bond donors (Lipinski definition) is 2. The number of carbonyl (C=O) groups excluding carboxylic acids is 1. The maximum Gasteiger partial charge on any atom is 0.318 e. The van der Waals surface area contributed by atoms with Crippen molar-refractivity contribution < 1.29 is 9.21 Å². The summed E-state index contributed by atoms with van der Waals surface area (Å²) in [4.78, 5) is 13.3. The van der Waals surface area contributed by atoms with Crippen molar-refractivity contribution in [1.29, 1.82) is 0 Å². The summed E-state index contributed by atoms with van der Waals surface area (Å²) in [5, 5.41) is 14.0. The fourth-order valence-electron chi connectivity index (χ4n) is 1.74. The van der Waals surface area contributed by atoms with Gasteiger partial charge in [-0.2, -0.15) is 0 Å². The Balaban J connectivity index is 2.72. The molecule has 0 aromatic carbocycles. The van der Waals surface area contributed by atoms with Gasteiger partial charge in [0.25, 0.3) is 0 Å². The predicted molar refractivity (Wildman–Crippen MR) is 77.6 cm³/mol. The van der Waals surface area contributed by atoms with Gasteiger partial charge in [0.1, 0.15) is 6.54 Å². The summed E-state index contributed by atoms with van der Waals surface area (Å²) in [5.41, 5.74) is 0. The fraction of sp³-hybridized carbons (Fsp3) is 0.769. The summed E-state index contributed by atoms with van der Waals surface area (Å²) in [5.74, 6) is 0.474. The van der Waals surface area contributed by atoms with Crippen LogP contribution in [0.15, 0.2) is 4.42 Å². The quantitative estimate of drug-likeness (QED) is 0.706. The zero-order valence-electron chi connectivity index (χ0n) is 12.8. The Labute approximate surface area is 120 Å². The molecule has 0 fully saturated rings. The third kappa shape index (κ3) is 4.80. The van der Waals surface area contributed by atoms with Crippen molar-refractivity contribution in [3.05, 3.63) is 5.89 Å². The lowest BCUT2D eigenvalue weighted by atomic mass is 10.3. The average molecular weight is 283 g/mol. The van der Waals surface area contributed by atoms with Crippen molar-refractivity contribution >= 4 is 11.9 Å². The number of amides is 1. The summed E-state index contributed by atoms with van der Waals surface area (Å²) in [6.07, 6.45) is 1.95. The van der Waals surface area contributed by atoms with E-state index >= 15 is 0 Å². The van der Waals surface area contributed by atoms with Gasteiger partial charge in [-0.1, -0.05) is 18.9 Å². The molecule has 1 unspecified atom stereocenters. The molecule has 0 aliphatic heterocycles. The van der Waals surface area contributed by atoms with Gasteiger partial charge in [0.2, 0.25) is 11.8 Å². The van der Waals surface area contributed by atoms with Crippen LogP contribution >= 0.6 is 0 Å². The zero-order valence-corrected chi connectivity index (χ0v) is 12.8. The number of aromatic nitrogens is 2. The van der Waals surface area contributed by atoms with Gasteiger partial charge in [0.05, 0.1) is 6.04 Å². The van der Waals surface area contributed by atoms with Crippen molar-refractivity contribution in [3.8, 4) is 0 Å². The maximum absolute atomic E-state index is 11.5. The van der Waals surface area contributed by atoms with Gasteiger partial charge >= 0.3 is 6.01 Å². The number of hydrogen-bond acceptors (Lipinski definition) is 6. The number of nitrogens with zero attached hydrogens (tertiary/aromatic N) is 3. The van der Waals surface area contributed by atoms with Crippen LogP contribution in [-0.4, -0.2) is 42.8 Å². The Morgan fingerprint density at radius 3 is 2.70 bits per heavy atom. The van der Waals surface area contributed by atoms with Crippen molar-refractivity contribution in [1.82, 2.24) is 20.8 Å². The van der Waals surface area contributed by atoms with Crippen LogP contribution in [0, 0.1) is 0 Å². The molecule has 0 aliphatic rings. The Hall–Kier alpha value is -1.63. The van der Waals surface area contributed by atoms with E-state index in [1.807, 2.05) is 13.8 Å². The molecular formula is C13H25N5O2. The molecule has 0 bridgehead atoms. The molecule has 1 aromatic rings. The standard InChI is InChI=1S/C13H25N5O2/c1-5-7-15-10(3)12-16-17-13(20-12)18(8-6-2)9-11(19)14-4/h10,15H,5-9H2,1-4H3,(H,14,19). The highest BCUT2D eigenvalue weighted by Crippen LogP contribution is 2.17. The molecule has 0 radical (unpaired) electrons. The maximum atomic E-state index is 11.5. The minimum atomic E-state index is -0.0737. The van der Waals surface area contributed by atoms with Crippen molar-refractivity contribution in [2.75, 3.05) is 31.6 Å². The van der Waals surface area contributed by atoms with E-state index in [0.717, 1.165) is 19.4 Å². The van der Waals surface area contributed by atoms with Crippen LogP contribution in [0.25, 0.3) is 0 Å². The summed E-state index contributed by atoms with van der Waals surface area (Å²) >= 11 is 0. The van der Waals surface area contributed by atoms with E-state index in [9.17, 15) is 4.79 Å². The fourth-order valence-corrected chi connectivity index (χ4v) is 1.74. The van der Waals surface area contributed by atoms with E-state index < -0.39 is 0 Å². The lowest BCUT2D eigenvalue weighted by Crippen LogP contribution is -2.36. The van der Waals surface area contributed by atoms with Crippen LogP contribution in [-0.2, 0) is 4.79 Å². The molecule has 20 heavy (non-hydrogen) atoms. The second kappa shape index (κ2) is 8.52. The summed E-state index contributed by atoms with van der Waals surface area (Å²) in [7, 11) is 1.61. The van der Waals surface area contributed by atoms with Gasteiger partial charge < -0.3 is 20.0 Å². The first-order valence-corrected chi connectivity index (χ1v) is 7.14. The van der Waals surface area contributed by atoms with Gasteiger partial charge in [0, 0.05) is 13.6 Å². The third-order valence-corrected chi connectivity index (χ3v) is 2.88. The van der Waals surface area contributed by atoms with Crippen LogP contribution in [0.4, 0.5) is 6.01 Å². The smallest absolute Gasteiger partial charge is 0.318 e. The van der Waals surface area contributed by atoms with Gasteiger partial charge in [-0.15, -0.1) is 5.10 Å².